The van der Waals surface area contributed by atoms with Crippen LogP contribution >= 0.6 is 11.6 Å². The number of nitrogens with zero attached hydrogens (tertiary/aromatic N) is 2. The van der Waals surface area contributed by atoms with Crippen molar-refractivity contribution < 1.29 is 4.39 Å². The molecule has 4 nitrogen and oxygen atoms in total. The summed E-state index contributed by atoms with van der Waals surface area (Å²) in [6.07, 6.45) is 1.40. The van der Waals surface area contributed by atoms with Gasteiger partial charge in [-0.25, -0.2) is 9.37 Å². The van der Waals surface area contributed by atoms with Gasteiger partial charge >= 0.3 is 0 Å². The molecule has 0 fully saturated rings. The average Bonchev–Trinajstić information content (AvgIpc) is 2.17. The van der Waals surface area contributed by atoms with Crippen molar-refractivity contribution in [2.75, 3.05) is 31.1 Å². The van der Waals surface area contributed by atoms with Crippen LogP contribution in [0.2, 0.25) is 5.02 Å². The van der Waals surface area contributed by atoms with Crippen LogP contribution in [0.15, 0.2) is 12.3 Å². The minimum atomic E-state index is -0.454. The third kappa shape index (κ3) is 3.30. The van der Waals surface area contributed by atoms with Crippen molar-refractivity contribution in [1.29, 1.82) is 0 Å². The lowest BCUT2D eigenvalue weighted by Crippen LogP contribution is -2.35. The molecule has 0 unspecified atom stereocenters. The molecule has 0 aliphatic carbocycles. The van der Waals surface area contributed by atoms with E-state index in [1.165, 1.54) is 12.3 Å². The maximum atomic E-state index is 13.5. The molecule has 15 heavy (non-hydrogen) atoms. The summed E-state index contributed by atoms with van der Waals surface area (Å²) < 4.78 is 13.5. The Bertz CT molecular complexity index is 315. The second-order valence-electron chi connectivity index (χ2n) is 3.02. The standard InChI is InChI=1S/C9H14ClFN4/c10-7-5-8(11)9(14-6-7)15(3-1-12)4-2-13/h5-6H,1-4,12-13H2. The maximum absolute atomic E-state index is 13.5. The summed E-state index contributed by atoms with van der Waals surface area (Å²) in [6.45, 7) is 1.87. The van der Waals surface area contributed by atoms with E-state index >= 15 is 0 Å². The van der Waals surface area contributed by atoms with E-state index in [0.717, 1.165) is 0 Å². The Balaban J connectivity index is 2.89. The first-order chi connectivity index (χ1) is 7.19. The molecule has 0 amide bonds. The van der Waals surface area contributed by atoms with E-state index in [1.54, 1.807) is 4.90 Å². The van der Waals surface area contributed by atoms with Crippen molar-refractivity contribution in [2.45, 2.75) is 0 Å². The fourth-order valence-electron chi connectivity index (χ4n) is 1.28. The van der Waals surface area contributed by atoms with Crippen LogP contribution in [0.3, 0.4) is 0 Å². The number of rotatable bonds is 5. The first kappa shape index (κ1) is 12.2. The van der Waals surface area contributed by atoms with E-state index in [4.69, 9.17) is 23.1 Å². The molecule has 0 aliphatic heterocycles. The molecule has 0 saturated carbocycles. The van der Waals surface area contributed by atoms with Crippen molar-refractivity contribution in [2.24, 2.45) is 11.5 Å². The highest BCUT2D eigenvalue weighted by molar-refractivity contribution is 6.30. The summed E-state index contributed by atoms with van der Waals surface area (Å²) in [5.74, 6) is -0.209. The topological polar surface area (TPSA) is 68.2 Å². The molecule has 84 valence electrons. The Morgan fingerprint density at radius 3 is 2.40 bits per heavy atom. The van der Waals surface area contributed by atoms with Crippen molar-refractivity contribution in [3.63, 3.8) is 0 Å². The Hall–Kier alpha value is -0.910. The summed E-state index contributed by atoms with van der Waals surface area (Å²) >= 11 is 5.61. The SMILES string of the molecule is NCCN(CCN)c1ncc(Cl)cc1F. The molecule has 0 radical (unpaired) electrons. The Kier molecular flexibility index (Phi) is 4.74. The quantitative estimate of drug-likeness (QED) is 0.780. The van der Waals surface area contributed by atoms with Crippen LogP contribution in [0, 0.1) is 5.82 Å². The van der Waals surface area contributed by atoms with E-state index in [2.05, 4.69) is 4.98 Å². The Morgan fingerprint density at radius 1 is 1.33 bits per heavy atom. The Labute approximate surface area is 93.0 Å². The van der Waals surface area contributed by atoms with Gasteiger partial charge in [-0.05, 0) is 6.07 Å². The highest BCUT2D eigenvalue weighted by Crippen LogP contribution is 2.18. The van der Waals surface area contributed by atoms with Crippen LogP contribution < -0.4 is 16.4 Å². The third-order valence-corrected chi connectivity index (χ3v) is 2.09. The monoisotopic (exact) mass is 232 g/mol. The van der Waals surface area contributed by atoms with Gasteiger partial charge in [-0.1, -0.05) is 11.6 Å². The highest BCUT2D eigenvalue weighted by Gasteiger charge is 2.11. The smallest absolute Gasteiger partial charge is 0.167 e. The minimum Gasteiger partial charge on any atom is -0.352 e. The second kappa shape index (κ2) is 5.85. The van der Waals surface area contributed by atoms with Crippen LogP contribution in [0.4, 0.5) is 10.2 Å². The van der Waals surface area contributed by atoms with Crippen LogP contribution in [-0.2, 0) is 0 Å². The number of nitrogens with two attached hydrogens (primary N) is 2. The number of hydrogen-bond donors (Lipinski definition) is 2. The molecular formula is C9H14ClFN4. The summed E-state index contributed by atoms with van der Waals surface area (Å²) in [5, 5.41) is 0.275. The maximum Gasteiger partial charge on any atom is 0.167 e. The van der Waals surface area contributed by atoms with Gasteiger partial charge in [-0.3, -0.25) is 0 Å². The van der Waals surface area contributed by atoms with Gasteiger partial charge in [0, 0.05) is 32.4 Å². The molecule has 6 heteroatoms. The van der Waals surface area contributed by atoms with Gasteiger partial charge in [-0.2, -0.15) is 0 Å². The molecule has 0 saturated heterocycles. The number of hydrogen-bond acceptors (Lipinski definition) is 4. The largest absolute Gasteiger partial charge is 0.352 e. The van der Waals surface area contributed by atoms with Gasteiger partial charge < -0.3 is 16.4 Å². The van der Waals surface area contributed by atoms with Crippen molar-refractivity contribution >= 4 is 17.4 Å². The second-order valence-corrected chi connectivity index (χ2v) is 3.46. The van der Waals surface area contributed by atoms with Gasteiger partial charge in [-0.15, -0.1) is 0 Å². The van der Waals surface area contributed by atoms with Gasteiger partial charge in [0.15, 0.2) is 11.6 Å². The van der Waals surface area contributed by atoms with Gasteiger partial charge in [0.05, 0.1) is 5.02 Å². The van der Waals surface area contributed by atoms with Crippen LogP contribution in [0.5, 0.6) is 0 Å². The van der Waals surface area contributed by atoms with Gasteiger partial charge in [0.25, 0.3) is 0 Å². The number of aromatic nitrogens is 1. The highest BCUT2D eigenvalue weighted by atomic mass is 35.5. The van der Waals surface area contributed by atoms with Crippen molar-refractivity contribution in [3.8, 4) is 0 Å². The molecule has 0 aliphatic rings. The molecule has 0 bridgehead atoms. The van der Waals surface area contributed by atoms with Gasteiger partial charge in [0.1, 0.15) is 0 Å². The van der Waals surface area contributed by atoms with Crippen LogP contribution in [0.25, 0.3) is 0 Å². The molecule has 0 aromatic carbocycles. The lowest BCUT2D eigenvalue weighted by Gasteiger charge is -2.22. The number of pyridine rings is 1. The molecule has 0 atom stereocenters. The number of halogens is 2. The molecule has 0 spiro atoms. The zero-order chi connectivity index (χ0) is 11.3. The lowest BCUT2D eigenvalue weighted by atomic mass is 10.3. The Morgan fingerprint density at radius 2 is 1.93 bits per heavy atom. The molecule has 1 aromatic rings. The van der Waals surface area contributed by atoms with Crippen LogP contribution in [0.1, 0.15) is 0 Å². The zero-order valence-electron chi connectivity index (χ0n) is 8.29. The van der Waals surface area contributed by atoms with E-state index in [0.29, 0.717) is 26.2 Å². The molecule has 1 rings (SSSR count). The first-order valence-corrected chi connectivity index (χ1v) is 5.03. The predicted octanol–water partition coefficient (Wildman–Crippen LogP) is 0.598. The van der Waals surface area contributed by atoms with Crippen molar-refractivity contribution in [3.05, 3.63) is 23.1 Å². The van der Waals surface area contributed by atoms with E-state index in [9.17, 15) is 4.39 Å². The molecular weight excluding hydrogens is 219 g/mol. The molecule has 4 N–H and O–H groups in total. The van der Waals surface area contributed by atoms with E-state index in [1.807, 2.05) is 0 Å². The number of anilines is 1. The summed E-state index contributed by atoms with van der Waals surface area (Å²) in [7, 11) is 0. The summed E-state index contributed by atoms with van der Waals surface area (Å²) in [6, 6.07) is 1.23. The predicted molar refractivity (Wildman–Crippen MR) is 59.5 cm³/mol. The zero-order valence-corrected chi connectivity index (χ0v) is 9.04. The lowest BCUT2D eigenvalue weighted by molar-refractivity contribution is 0.608. The first-order valence-electron chi connectivity index (χ1n) is 4.65. The fraction of sp³-hybridized carbons (Fsp3) is 0.444. The normalized spacial score (nSPS) is 10.4. The third-order valence-electron chi connectivity index (χ3n) is 1.89. The fourth-order valence-corrected chi connectivity index (χ4v) is 1.42. The van der Waals surface area contributed by atoms with Crippen LogP contribution in [-0.4, -0.2) is 31.2 Å². The summed E-state index contributed by atoms with van der Waals surface area (Å²) in [5.41, 5.74) is 10.8. The minimum absolute atomic E-state index is 0.246. The van der Waals surface area contributed by atoms with Crippen molar-refractivity contribution in [1.82, 2.24) is 4.98 Å². The van der Waals surface area contributed by atoms with Gasteiger partial charge in [0.2, 0.25) is 0 Å². The summed E-state index contributed by atoms with van der Waals surface area (Å²) in [4.78, 5) is 5.62. The average molecular weight is 233 g/mol. The van der Waals surface area contributed by atoms with E-state index in [-0.39, 0.29) is 10.8 Å². The van der Waals surface area contributed by atoms with E-state index < -0.39 is 5.82 Å². The molecule has 1 aromatic heterocycles. The molecule has 1 heterocycles.